The summed E-state index contributed by atoms with van der Waals surface area (Å²) in [5, 5.41) is 3.46. The molecular weight excluding hydrogens is 248 g/mol. The fourth-order valence-electron chi connectivity index (χ4n) is 2.77. The Morgan fingerprint density at radius 1 is 1.15 bits per heavy atom. The van der Waals surface area contributed by atoms with Gasteiger partial charge in [0, 0.05) is 7.05 Å². The molecule has 1 aromatic carbocycles. The SMILES string of the molecule is CC(C)CC1NC(c2ccc(C(C)C)cc2)N(C)C1=O. The standard InChI is InChI=1S/C17H26N2O/c1-11(2)10-15-17(20)19(5)16(18-15)14-8-6-13(7-9-14)12(3)4/h6-9,11-12,15-16,18H,10H2,1-5H3. The highest BCUT2D eigenvalue weighted by Crippen LogP contribution is 2.27. The van der Waals surface area contributed by atoms with Crippen molar-refractivity contribution in [2.75, 3.05) is 7.05 Å². The average Bonchev–Trinajstić information content (AvgIpc) is 2.67. The summed E-state index contributed by atoms with van der Waals surface area (Å²) in [6, 6.07) is 8.55. The van der Waals surface area contributed by atoms with Crippen LogP contribution in [0.15, 0.2) is 24.3 Å². The van der Waals surface area contributed by atoms with Crippen LogP contribution in [0.2, 0.25) is 0 Å². The van der Waals surface area contributed by atoms with Gasteiger partial charge in [0.05, 0.1) is 6.04 Å². The van der Waals surface area contributed by atoms with Crippen LogP contribution >= 0.6 is 0 Å². The normalized spacial score (nSPS) is 23.1. The number of hydrogen-bond donors (Lipinski definition) is 1. The molecule has 1 N–H and O–H groups in total. The minimum absolute atomic E-state index is 0.00691. The molecule has 1 aliphatic rings. The molecule has 1 aromatic rings. The predicted molar refractivity (Wildman–Crippen MR) is 82.4 cm³/mol. The maximum absolute atomic E-state index is 12.3. The van der Waals surface area contributed by atoms with Crippen molar-refractivity contribution in [3.63, 3.8) is 0 Å². The molecule has 3 nitrogen and oxygen atoms in total. The summed E-state index contributed by atoms with van der Waals surface area (Å²) < 4.78 is 0. The van der Waals surface area contributed by atoms with Gasteiger partial charge in [0.15, 0.2) is 0 Å². The van der Waals surface area contributed by atoms with Crippen LogP contribution in [0.4, 0.5) is 0 Å². The maximum atomic E-state index is 12.3. The van der Waals surface area contributed by atoms with Crippen LogP contribution in [0.5, 0.6) is 0 Å². The minimum atomic E-state index is -0.0465. The van der Waals surface area contributed by atoms with Crippen molar-refractivity contribution in [3.8, 4) is 0 Å². The Kier molecular flexibility index (Phi) is 4.48. The molecule has 0 radical (unpaired) electrons. The summed E-state index contributed by atoms with van der Waals surface area (Å²) in [5.41, 5.74) is 2.50. The van der Waals surface area contributed by atoms with Crippen LogP contribution < -0.4 is 5.32 Å². The van der Waals surface area contributed by atoms with Crippen LogP contribution in [0.3, 0.4) is 0 Å². The lowest BCUT2D eigenvalue weighted by molar-refractivity contribution is -0.129. The second-order valence-electron chi connectivity index (χ2n) is 6.52. The summed E-state index contributed by atoms with van der Waals surface area (Å²) in [5.74, 6) is 1.26. The monoisotopic (exact) mass is 274 g/mol. The highest BCUT2D eigenvalue weighted by Gasteiger charge is 2.37. The molecule has 1 aliphatic heterocycles. The van der Waals surface area contributed by atoms with E-state index in [1.165, 1.54) is 5.56 Å². The fraction of sp³-hybridized carbons (Fsp3) is 0.588. The van der Waals surface area contributed by atoms with Crippen LogP contribution in [-0.2, 0) is 4.79 Å². The first-order chi connectivity index (χ1) is 9.40. The van der Waals surface area contributed by atoms with E-state index in [0.29, 0.717) is 11.8 Å². The number of likely N-dealkylation sites (N-methyl/N-ethyl adjacent to an activating group) is 1. The molecule has 0 saturated carbocycles. The lowest BCUT2D eigenvalue weighted by Crippen LogP contribution is -2.30. The van der Waals surface area contributed by atoms with E-state index in [1.54, 1.807) is 0 Å². The Bertz CT molecular complexity index is 464. The zero-order chi connectivity index (χ0) is 14.9. The van der Waals surface area contributed by atoms with Crippen molar-refractivity contribution in [2.24, 2.45) is 5.92 Å². The number of nitrogens with one attached hydrogen (secondary N) is 1. The zero-order valence-corrected chi connectivity index (χ0v) is 13.2. The molecule has 0 bridgehead atoms. The van der Waals surface area contributed by atoms with Gasteiger partial charge in [-0.1, -0.05) is 52.0 Å². The largest absolute Gasteiger partial charge is 0.325 e. The summed E-state index contributed by atoms with van der Waals surface area (Å²) in [7, 11) is 1.89. The third-order valence-electron chi connectivity index (χ3n) is 4.02. The van der Waals surface area contributed by atoms with E-state index < -0.39 is 0 Å². The lowest BCUT2D eigenvalue weighted by atomic mass is 10.0. The van der Waals surface area contributed by atoms with Crippen molar-refractivity contribution in [3.05, 3.63) is 35.4 Å². The van der Waals surface area contributed by atoms with Crippen molar-refractivity contribution in [1.29, 1.82) is 0 Å². The molecule has 20 heavy (non-hydrogen) atoms. The molecule has 1 saturated heterocycles. The Balaban J connectivity index is 2.14. The summed E-state index contributed by atoms with van der Waals surface area (Å²) >= 11 is 0. The van der Waals surface area contributed by atoms with Gasteiger partial charge in [0.25, 0.3) is 0 Å². The lowest BCUT2D eigenvalue weighted by Gasteiger charge is -2.20. The molecule has 0 aromatic heterocycles. The third-order valence-corrected chi connectivity index (χ3v) is 4.02. The second-order valence-corrected chi connectivity index (χ2v) is 6.52. The molecule has 0 spiro atoms. The first kappa shape index (κ1) is 15.0. The molecular formula is C17H26N2O. The van der Waals surface area contributed by atoms with Gasteiger partial charge < -0.3 is 4.90 Å². The van der Waals surface area contributed by atoms with E-state index in [-0.39, 0.29) is 18.1 Å². The number of nitrogens with zero attached hydrogens (tertiary/aromatic N) is 1. The van der Waals surface area contributed by atoms with Crippen molar-refractivity contribution in [1.82, 2.24) is 10.2 Å². The average molecular weight is 274 g/mol. The molecule has 110 valence electrons. The van der Waals surface area contributed by atoms with E-state index in [9.17, 15) is 4.79 Å². The second kappa shape index (κ2) is 5.96. The van der Waals surface area contributed by atoms with Gasteiger partial charge in [-0.05, 0) is 29.4 Å². The third kappa shape index (κ3) is 3.04. The topological polar surface area (TPSA) is 32.3 Å². The summed E-state index contributed by atoms with van der Waals surface area (Å²) in [4.78, 5) is 14.1. The maximum Gasteiger partial charge on any atom is 0.241 e. The van der Waals surface area contributed by atoms with Crippen molar-refractivity contribution >= 4 is 5.91 Å². The highest BCUT2D eigenvalue weighted by molar-refractivity contribution is 5.84. The number of carbonyl (C=O) groups is 1. The Labute approximate surface area is 122 Å². The Morgan fingerprint density at radius 2 is 1.75 bits per heavy atom. The highest BCUT2D eigenvalue weighted by atomic mass is 16.2. The van der Waals surface area contributed by atoms with E-state index in [4.69, 9.17) is 0 Å². The summed E-state index contributed by atoms with van der Waals surface area (Å²) in [6.07, 6.45) is 0.900. The smallest absolute Gasteiger partial charge is 0.241 e. The van der Waals surface area contributed by atoms with E-state index >= 15 is 0 Å². The van der Waals surface area contributed by atoms with Crippen molar-refractivity contribution in [2.45, 2.75) is 52.2 Å². The van der Waals surface area contributed by atoms with Gasteiger partial charge in [-0.3, -0.25) is 10.1 Å². The zero-order valence-electron chi connectivity index (χ0n) is 13.2. The number of hydrogen-bond acceptors (Lipinski definition) is 2. The van der Waals surface area contributed by atoms with Gasteiger partial charge in [-0.25, -0.2) is 0 Å². The molecule has 1 amide bonds. The number of benzene rings is 1. The molecule has 3 heteroatoms. The van der Waals surface area contributed by atoms with Crippen LogP contribution in [0.25, 0.3) is 0 Å². The van der Waals surface area contributed by atoms with E-state index in [1.807, 2.05) is 11.9 Å². The quantitative estimate of drug-likeness (QED) is 0.914. The van der Waals surface area contributed by atoms with Gasteiger partial charge in [-0.15, -0.1) is 0 Å². The van der Waals surface area contributed by atoms with Gasteiger partial charge in [0.2, 0.25) is 5.91 Å². The fourth-order valence-corrected chi connectivity index (χ4v) is 2.77. The first-order valence-electron chi connectivity index (χ1n) is 7.52. The van der Waals surface area contributed by atoms with Crippen LogP contribution in [0.1, 0.15) is 57.3 Å². The van der Waals surface area contributed by atoms with E-state index in [0.717, 1.165) is 12.0 Å². The molecule has 0 aliphatic carbocycles. The van der Waals surface area contributed by atoms with Crippen LogP contribution in [0, 0.1) is 5.92 Å². The first-order valence-corrected chi connectivity index (χ1v) is 7.52. The number of carbonyl (C=O) groups excluding carboxylic acids is 1. The predicted octanol–water partition coefficient (Wildman–Crippen LogP) is 3.28. The minimum Gasteiger partial charge on any atom is -0.325 e. The Hall–Kier alpha value is -1.35. The Morgan fingerprint density at radius 3 is 2.25 bits per heavy atom. The number of rotatable bonds is 4. The molecule has 2 atom stereocenters. The van der Waals surface area contributed by atoms with Gasteiger partial charge in [0.1, 0.15) is 6.17 Å². The van der Waals surface area contributed by atoms with Gasteiger partial charge in [-0.2, -0.15) is 0 Å². The molecule has 1 heterocycles. The molecule has 1 fully saturated rings. The van der Waals surface area contributed by atoms with Crippen molar-refractivity contribution < 1.29 is 4.79 Å². The van der Waals surface area contributed by atoms with Gasteiger partial charge >= 0.3 is 0 Å². The van der Waals surface area contributed by atoms with E-state index in [2.05, 4.69) is 57.3 Å². The summed E-state index contributed by atoms with van der Waals surface area (Å²) in [6.45, 7) is 8.69. The van der Waals surface area contributed by atoms with Crippen LogP contribution in [-0.4, -0.2) is 23.9 Å². The number of amides is 1. The molecule has 2 rings (SSSR count). The molecule has 2 unspecified atom stereocenters.